The van der Waals surface area contributed by atoms with Gasteiger partial charge in [0.25, 0.3) is 0 Å². The van der Waals surface area contributed by atoms with Crippen molar-refractivity contribution in [1.82, 2.24) is 29.2 Å². The van der Waals surface area contributed by atoms with Crippen molar-refractivity contribution in [3.63, 3.8) is 0 Å². The van der Waals surface area contributed by atoms with Crippen molar-refractivity contribution in [2.45, 2.75) is 26.4 Å². The molecule has 3 aromatic heterocycles. The number of hydrogen-bond donors (Lipinski definition) is 0. The van der Waals surface area contributed by atoms with Gasteiger partial charge in [-0.1, -0.05) is 32.0 Å². The van der Waals surface area contributed by atoms with Crippen molar-refractivity contribution in [3.05, 3.63) is 83.0 Å². The number of anilines is 1. The van der Waals surface area contributed by atoms with Crippen molar-refractivity contribution in [1.29, 1.82) is 5.26 Å². The van der Waals surface area contributed by atoms with Crippen LogP contribution in [0.2, 0.25) is 0 Å². The molecule has 0 spiro atoms. The standard InChI is InChI=1S/C27H28N8S/c1-20(2)23-7-3-4-8-24(23)35-26(22-6-5-10-29-18-22)31-34(27(35)36)19-32-12-14-33(15-13-32)25-16-21(17-28)9-11-30-25/h3-11,16,18,20H,12-15,19H2,1-2H3. The molecule has 1 saturated heterocycles. The number of hydrogen-bond acceptors (Lipinski definition) is 7. The highest BCUT2D eigenvalue weighted by atomic mass is 32.1. The van der Waals surface area contributed by atoms with Gasteiger partial charge in [-0.3, -0.25) is 14.5 Å². The highest BCUT2D eigenvalue weighted by Crippen LogP contribution is 2.28. The van der Waals surface area contributed by atoms with Gasteiger partial charge in [0.15, 0.2) is 5.82 Å². The zero-order valence-corrected chi connectivity index (χ0v) is 21.3. The Labute approximate surface area is 216 Å². The molecule has 0 radical (unpaired) electrons. The predicted molar refractivity (Wildman–Crippen MR) is 142 cm³/mol. The lowest BCUT2D eigenvalue weighted by atomic mass is 10.0. The third kappa shape index (κ3) is 4.78. The Kier molecular flexibility index (Phi) is 6.89. The van der Waals surface area contributed by atoms with Gasteiger partial charge in [0.2, 0.25) is 4.77 Å². The zero-order valence-electron chi connectivity index (χ0n) is 20.4. The van der Waals surface area contributed by atoms with Gasteiger partial charge in [0.1, 0.15) is 5.82 Å². The summed E-state index contributed by atoms with van der Waals surface area (Å²) in [5.41, 5.74) is 3.83. The van der Waals surface area contributed by atoms with Gasteiger partial charge >= 0.3 is 0 Å². The Morgan fingerprint density at radius 1 is 1.03 bits per heavy atom. The molecule has 0 aliphatic carbocycles. The molecule has 4 heterocycles. The monoisotopic (exact) mass is 496 g/mol. The molecule has 9 heteroatoms. The summed E-state index contributed by atoms with van der Waals surface area (Å²) in [5, 5.41) is 14.2. The summed E-state index contributed by atoms with van der Waals surface area (Å²) in [6.45, 7) is 8.32. The molecule has 36 heavy (non-hydrogen) atoms. The van der Waals surface area contributed by atoms with Gasteiger partial charge in [0, 0.05) is 50.3 Å². The van der Waals surface area contributed by atoms with Crippen LogP contribution in [0.25, 0.3) is 17.1 Å². The number of pyridine rings is 2. The molecule has 8 nitrogen and oxygen atoms in total. The van der Waals surface area contributed by atoms with E-state index in [0.717, 1.165) is 49.1 Å². The summed E-state index contributed by atoms with van der Waals surface area (Å²) in [7, 11) is 0. The minimum Gasteiger partial charge on any atom is -0.354 e. The van der Waals surface area contributed by atoms with E-state index in [-0.39, 0.29) is 0 Å². The van der Waals surface area contributed by atoms with Gasteiger partial charge < -0.3 is 4.90 Å². The Balaban J connectivity index is 1.43. The number of piperazine rings is 1. The Morgan fingerprint density at radius 2 is 1.83 bits per heavy atom. The van der Waals surface area contributed by atoms with E-state index in [1.807, 2.05) is 35.1 Å². The van der Waals surface area contributed by atoms with Gasteiger partial charge in [-0.2, -0.15) is 5.26 Å². The fourth-order valence-electron chi connectivity index (χ4n) is 4.55. The molecule has 0 saturated carbocycles. The molecule has 0 atom stereocenters. The first-order valence-electron chi connectivity index (χ1n) is 12.1. The van der Waals surface area contributed by atoms with Crippen LogP contribution in [-0.2, 0) is 6.67 Å². The van der Waals surface area contributed by atoms with E-state index in [1.54, 1.807) is 18.5 Å². The topological polar surface area (TPSA) is 78.8 Å². The molecular formula is C27H28N8S. The number of para-hydroxylation sites is 1. The summed E-state index contributed by atoms with van der Waals surface area (Å²) in [6, 6.07) is 18.1. The van der Waals surface area contributed by atoms with Crippen LogP contribution in [0.4, 0.5) is 5.82 Å². The first-order valence-corrected chi connectivity index (χ1v) is 12.5. The molecule has 182 valence electrons. The van der Waals surface area contributed by atoms with E-state index < -0.39 is 0 Å². The molecular weight excluding hydrogens is 468 g/mol. The van der Waals surface area contributed by atoms with Crippen molar-refractivity contribution >= 4 is 18.0 Å². The lowest BCUT2D eigenvalue weighted by molar-refractivity contribution is 0.194. The van der Waals surface area contributed by atoms with E-state index in [4.69, 9.17) is 17.3 Å². The predicted octanol–water partition coefficient (Wildman–Crippen LogP) is 4.64. The maximum absolute atomic E-state index is 9.20. The zero-order chi connectivity index (χ0) is 25.1. The highest BCUT2D eigenvalue weighted by Gasteiger charge is 2.22. The fraction of sp³-hybridized carbons (Fsp3) is 0.296. The average molecular weight is 497 g/mol. The SMILES string of the molecule is CC(C)c1ccccc1-n1c(-c2cccnc2)nn(CN2CCN(c3cc(C#N)ccn3)CC2)c1=S. The lowest BCUT2D eigenvalue weighted by Crippen LogP contribution is -2.47. The second-order valence-electron chi connectivity index (χ2n) is 9.16. The van der Waals surface area contributed by atoms with Gasteiger partial charge in [0.05, 0.1) is 24.0 Å². The van der Waals surface area contributed by atoms with E-state index in [9.17, 15) is 5.26 Å². The second kappa shape index (κ2) is 10.4. The largest absolute Gasteiger partial charge is 0.354 e. The third-order valence-electron chi connectivity index (χ3n) is 6.46. The van der Waals surface area contributed by atoms with E-state index in [0.29, 0.717) is 22.9 Å². The van der Waals surface area contributed by atoms with Crippen LogP contribution in [0, 0.1) is 16.1 Å². The molecule has 5 rings (SSSR count). The van der Waals surface area contributed by atoms with E-state index >= 15 is 0 Å². The molecule has 1 aliphatic rings. The minimum absolute atomic E-state index is 0.342. The minimum atomic E-state index is 0.342. The van der Waals surface area contributed by atoms with Crippen LogP contribution >= 0.6 is 12.2 Å². The normalized spacial score (nSPS) is 14.2. The summed E-state index contributed by atoms with van der Waals surface area (Å²) in [4.78, 5) is 13.3. The number of nitrogens with zero attached hydrogens (tertiary/aromatic N) is 8. The molecule has 0 bridgehead atoms. The van der Waals surface area contributed by atoms with E-state index in [1.165, 1.54) is 5.56 Å². The summed E-state index contributed by atoms with van der Waals surface area (Å²) < 4.78 is 4.65. The Morgan fingerprint density at radius 3 is 2.56 bits per heavy atom. The van der Waals surface area contributed by atoms with Gasteiger partial charge in [-0.15, -0.1) is 5.10 Å². The Bertz CT molecular complexity index is 1440. The van der Waals surface area contributed by atoms with Crippen molar-refractivity contribution < 1.29 is 0 Å². The van der Waals surface area contributed by atoms with Crippen LogP contribution in [0.3, 0.4) is 0 Å². The number of benzene rings is 1. The lowest BCUT2D eigenvalue weighted by Gasteiger charge is -2.35. The summed E-state index contributed by atoms with van der Waals surface area (Å²) in [6.07, 6.45) is 5.29. The third-order valence-corrected chi connectivity index (χ3v) is 6.86. The maximum Gasteiger partial charge on any atom is 0.204 e. The molecule has 0 unspecified atom stereocenters. The average Bonchev–Trinajstić information content (AvgIpc) is 3.25. The quantitative estimate of drug-likeness (QED) is 0.360. The fourth-order valence-corrected chi connectivity index (χ4v) is 4.83. The van der Waals surface area contributed by atoms with Crippen LogP contribution < -0.4 is 4.90 Å². The summed E-state index contributed by atoms with van der Waals surface area (Å²) >= 11 is 6.00. The first kappa shape index (κ1) is 23.9. The number of rotatable bonds is 6. The van der Waals surface area contributed by atoms with Gasteiger partial charge in [-0.25, -0.2) is 9.67 Å². The Hall–Kier alpha value is -3.87. The van der Waals surface area contributed by atoms with Crippen LogP contribution in [0.5, 0.6) is 0 Å². The van der Waals surface area contributed by atoms with E-state index in [2.05, 4.69) is 62.5 Å². The molecule has 0 amide bonds. The second-order valence-corrected chi connectivity index (χ2v) is 9.52. The van der Waals surface area contributed by atoms with Crippen LogP contribution in [-0.4, -0.2) is 55.4 Å². The highest BCUT2D eigenvalue weighted by molar-refractivity contribution is 7.71. The molecule has 1 aliphatic heterocycles. The first-order chi connectivity index (χ1) is 17.5. The van der Waals surface area contributed by atoms with Crippen molar-refractivity contribution in [2.24, 2.45) is 0 Å². The van der Waals surface area contributed by atoms with Crippen LogP contribution in [0.1, 0.15) is 30.9 Å². The molecule has 0 N–H and O–H groups in total. The van der Waals surface area contributed by atoms with Gasteiger partial charge in [-0.05, 0) is 54.0 Å². The smallest absolute Gasteiger partial charge is 0.204 e. The van der Waals surface area contributed by atoms with Crippen LogP contribution in [0.15, 0.2) is 67.1 Å². The maximum atomic E-state index is 9.20. The number of aromatic nitrogens is 5. The van der Waals surface area contributed by atoms with Crippen molar-refractivity contribution in [2.75, 3.05) is 31.1 Å². The summed E-state index contributed by atoms with van der Waals surface area (Å²) in [5.74, 6) is 1.98. The molecule has 1 aromatic carbocycles. The van der Waals surface area contributed by atoms with Crippen molar-refractivity contribution in [3.8, 4) is 23.1 Å². The molecule has 1 fully saturated rings. The molecule has 4 aromatic rings. The number of nitriles is 1.